The Labute approximate surface area is 134 Å². The largest absolute Gasteiger partial charge is 0.296 e. The summed E-state index contributed by atoms with van der Waals surface area (Å²) in [6, 6.07) is 10.9. The Balaban J connectivity index is 1.55. The maximum atomic E-state index is 13.8. The number of benzene rings is 1. The van der Waals surface area contributed by atoms with Gasteiger partial charge in [-0.3, -0.25) is 9.80 Å². The van der Waals surface area contributed by atoms with Gasteiger partial charge in [0.25, 0.3) is 0 Å². The van der Waals surface area contributed by atoms with Crippen LogP contribution in [0, 0.1) is 17.1 Å². The maximum absolute atomic E-state index is 13.8. The lowest BCUT2D eigenvalue weighted by Gasteiger charge is -2.34. The summed E-state index contributed by atoms with van der Waals surface area (Å²) in [5.74, 6) is -0.222. The molecule has 0 unspecified atom stereocenters. The predicted octanol–water partition coefficient (Wildman–Crippen LogP) is 3.08. The monoisotopic (exact) mass is 315 g/mol. The van der Waals surface area contributed by atoms with Crippen LogP contribution < -0.4 is 0 Å². The zero-order valence-electron chi connectivity index (χ0n) is 12.3. The van der Waals surface area contributed by atoms with Gasteiger partial charge >= 0.3 is 0 Å². The van der Waals surface area contributed by atoms with Gasteiger partial charge in [0.15, 0.2) is 0 Å². The molecule has 0 atom stereocenters. The van der Waals surface area contributed by atoms with Crippen molar-refractivity contribution in [3.05, 3.63) is 57.5 Å². The van der Waals surface area contributed by atoms with Crippen molar-refractivity contribution in [3.63, 3.8) is 0 Å². The highest BCUT2D eigenvalue weighted by Gasteiger charge is 2.18. The summed E-state index contributed by atoms with van der Waals surface area (Å²) in [6.45, 7) is 5.44. The van der Waals surface area contributed by atoms with E-state index in [0.29, 0.717) is 17.7 Å². The number of hydrogen-bond acceptors (Lipinski definition) is 4. The standard InChI is InChI=1S/C17H18FN3S/c18-17-4-3-14(11-19)10-15(17)12-20-5-7-21(8-6-20)13-16-2-1-9-22-16/h1-4,9-10H,5-8,12-13H2. The van der Waals surface area contributed by atoms with Crippen LogP contribution >= 0.6 is 11.3 Å². The lowest BCUT2D eigenvalue weighted by molar-refractivity contribution is 0.122. The zero-order chi connectivity index (χ0) is 15.4. The minimum absolute atomic E-state index is 0.222. The Morgan fingerprint density at radius 3 is 2.45 bits per heavy atom. The molecular formula is C17H18FN3S. The van der Waals surface area contributed by atoms with E-state index in [9.17, 15) is 4.39 Å². The van der Waals surface area contributed by atoms with Gasteiger partial charge in [0.05, 0.1) is 11.6 Å². The third-order valence-electron chi connectivity index (χ3n) is 3.99. The van der Waals surface area contributed by atoms with E-state index in [-0.39, 0.29) is 5.82 Å². The van der Waals surface area contributed by atoms with E-state index in [0.717, 1.165) is 32.7 Å². The first-order valence-electron chi connectivity index (χ1n) is 7.40. The minimum Gasteiger partial charge on any atom is -0.296 e. The average molecular weight is 315 g/mol. The number of halogens is 1. The van der Waals surface area contributed by atoms with E-state index in [2.05, 4.69) is 33.4 Å². The van der Waals surface area contributed by atoms with E-state index in [1.807, 2.05) is 0 Å². The van der Waals surface area contributed by atoms with Crippen LogP contribution in [0.2, 0.25) is 0 Å². The second-order valence-corrected chi connectivity index (χ2v) is 6.58. The Bertz CT molecular complexity index is 655. The Morgan fingerprint density at radius 2 is 1.82 bits per heavy atom. The molecule has 0 bridgehead atoms. The van der Waals surface area contributed by atoms with Crippen molar-refractivity contribution in [2.45, 2.75) is 13.1 Å². The second kappa shape index (κ2) is 7.01. The molecule has 0 spiro atoms. The van der Waals surface area contributed by atoms with Crippen molar-refractivity contribution in [1.82, 2.24) is 9.80 Å². The quantitative estimate of drug-likeness (QED) is 0.868. The molecule has 2 aromatic rings. The van der Waals surface area contributed by atoms with Gasteiger partial charge in [-0.05, 0) is 29.6 Å². The summed E-state index contributed by atoms with van der Waals surface area (Å²) in [5, 5.41) is 11.0. The van der Waals surface area contributed by atoms with Crippen molar-refractivity contribution < 1.29 is 4.39 Å². The Morgan fingerprint density at radius 1 is 1.09 bits per heavy atom. The molecule has 114 valence electrons. The molecule has 0 aliphatic carbocycles. The van der Waals surface area contributed by atoms with E-state index >= 15 is 0 Å². The molecule has 2 heterocycles. The summed E-state index contributed by atoms with van der Waals surface area (Å²) in [6.07, 6.45) is 0. The average Bonchev–Trinajstić information content (AvgIpc) is 3.04. The van der Waals surface area contributed by atoms with Gasteiger partial charge in [-0.2, -0.15) is 5.26 Å². The fourth-order valence-corrected chi connectivity index (χ4v) is 3.48. The van der Waals surface area contributed by atoms with Gasteiger partial charge in [0, 0.05) is 49.7 Å². The molecule has 0 saturated carbocycles. The molecule has 0 amide bonds. The lowest BCUT2D eigenvalue weighted by Crippen LogP contribution is -2.45. The van der Waals surface area contributed by atoms with Crippen LogP contribution in [0.5, 0.6) is 0 Å². The van der Waals surface area contributed by atoms with Crippen LogP contribution in [-0.4, -0.2) is 36.0 Å². The molecule has 1 aliphatic rings. The fourth-order valence-electron chi connectivity index (χ4n) is 2.73. The molecule has 3 nitrogen and oxygen atoms in total. The number of nitrogens with zero attached hydrogens (tertiary/aromatic N) is 3. The maximum Gasteiger partial charge on any atom is 0.127 e. The molecule has 3 rings (SSSR count). The SMILES string of the molecule is N#Cc1ccc(F)c(CN2CCN(Cc3cccs3)CC2)c1. The van der Waals surface area contributed by atoms with Gasteiger partial charge < -0.3 is 0 Å². The van der Waals surface area contributed by atoms with Crippen LogP contribution in [-0.2, 0) is 13.1 Å². The minimum atomic E-state index is -0.222. The summed E-state index contributed by atoms with van der Waals surface area (Å²) < 4.78 is 13.8. The Kier molecular flexibility index (Phi) is 4.84. The fraction of sp³-hybridized carbons (Fsp3) is 0.353. The smallest absolute Gasteiger partial charge is 0.127 e. The first kappa shape index (κ1) is 15.2. The summed E-state index contributed by atoms with van der Waals surface area (Å²) in [7, 11) is 0. The van der Waals surface area contributed by atoms with E-state index in [4.69, 9.17) is 5.26 Å². The second-order valence-electron chi connectivity index (χ2n) is 5.55. The van der Waals surface area contributed by atoms with Crippen molar-refractivity contribution in [3.8, 4) is 6.07 Å². The first-order chi connectivity index (χ1) is 10.7. The Hall–Kier alpha value is -1.74. The molecule has 1 saturated heterocycles. The third kappa shape index (κ3) is 3.72. The van der Waals surface area contributed by atoms with Gasteiger partial charge in [-0.1, -0.05) is 6.07 Å². The summed E-state index contributed by atoms with van der Waals surface area (Å²) >= 11 is 1.79. The molecular weight excluding hydrogens is 297 g/mol. The normalized spacial score (nSPS) is 16.5. The van der Waals surface area contributed by atoms with Crippen LogP contribution in [0.15, 0.2) is 35.7 Å². The van der Waals surface area contributed by atoms with E-state index in [1.54, 1.807) is 17.4 Å². The van der Waals surface area contributed by atoms with Gasteiger partial charge in [0.2, 0.25) is 0 Å². The first-order valence-corrected chi connectivity index (χ1v) is 8.28. The van der Waals surface area contributed by atoms with Gasteiger partial charge in [0.1, 0.15) is 5.82 Å². The third-order valence-corrected chi connectivity index (χ3v) is 4.85. The van der Waals surface area contributed by atoms with Crippen LogP contribution in [0.25, 0.3) is 0 Å². The summed E-state index contributed by atoms with van der Waals surface area (Å²) in [5.41, 5.74) is 1.14. The van der Waals surface area contributed by atoms with Crippen molar-refractivity contribution >= 4 is 11.3 Å². The highest BCUT2D eigenvalue weighted by Crippen LogP contribution is 2.16. The molecule has 1 aliphatic heterocycles. The summed E-state index contributed by atoms with van der Waals surface area (Å²) in [4.78, 5) is 6.08. The zero-order valence-corrected chi connectivity index (χ0v) is 13.2. The molecule has 1 aromatic heterocycles. The van der Waals surface area contributed by atoms with Gasteiger partial charge in [-0.15, -0.1) is 11.3 Å². The molecule has 22 heavy (non-hydrogen) atoms. The molecule has 1 fully saturated rings. The number of thiophene rings is 1. The predicted molar refractivity (Wildman–Crippen MR) is 86.0 cm³/mol. The molecule has 0 radical (unpaired) electrons. The van der Waals surface area contributed by atoms with Crippen LogP contribution in [0.3, 0.4) is 0 Å². The van der Waals surface area contributed by atoms with Crippen molar-refractivity contribution in [1.29, 1.82) is 5.26 Å². The van der Waals surface area contributed by atoms with Crippen molar-refractivity contribution in [2.75, 3.05) is 26.2 Å². The number of nitriles is 1. The molecule has 0 N–H and O–H groups in total. The number of rotatable bonds is 4. The van der Waals surface area contributed by atoms with Crippen molar-refractivity contribution in [2.24, 2.45) is 0 Å². The molecule has 1 aromatic carbocycles. The van der Waals surface area contributed by atoms with E-state index < -0.39 is 0 Å². The van der Waals surface area contributed by atoms with Crippen LogP contribution in [0.4, 0.5) is 4.39 Å². The topological polar surface area (TPSA) is 30.3 Å². The number of hydrogen-bond donors (Lipinski definition) is 0. The lowest BCUT2D eigenvalue weighted by atomic mass is 10.1. The highest BCUT2D eigenvalue weighted by atomic mass is 32.1. The van der Waals surface area contributed by atoms with E-state index in [1.165, 1.54) is 17.0 Å². The number of piperazine rings is 1. The van der Waals surface area contributed by atoms with Crippen LogP contribution in [0.1, 0.15) is 16.0 Å². The highest BCUT2D eigenvalue weighted by molar-refractivity contribution is 7.09. The van der Waals surface area contributed by atoms with Gasteiger partial charge in [-0.25, -0.2) is 4.39 Å². The molecule has 5 heteroatoms.